The van der Waals surface area contributed by atoms with Gasteiger partial charge in [-0.2, -0.15) is 5.26 Å². The minimum absolute atomic E-state index is 0.0901. The Hall–Kier alpha value is -2.22. The summed E-state index contributed by atoms with van der Waals surface area (Å²) in [6.07, 6.45) is 0.236. The fraction of sp³-hybridized carbons (Fsp3) is 0.273. The van der Waals surface area contributed by atoms with E-state index in [2.05, 4.69) is 5.32 Å². The normalized spacial score (nSPS) is 11.5. The van der Waals surface area contributed by atoms with E-state index in [0.29, 0.717) is 16.9 Å². The molecule has 0 aliphatic rings. The van der Waals surface area contributed by atoms with Gasteiger partial charge in [0.15, 0.2) is 0 Å². The Bertz CT molecular complexity index is 436. The predicted octanol–water partition coefficient (Wildman–Crippen LogP) is 0.816. The zero-order valence-electron chi connectivity index (χ0n) is 9.03. The lowest BCUT2D eigenvalue weighted by molar-refractivity contribution is -0.118. The van der Waals surface area contributed by atoms with Gasteiger partial charge < -0.3 is 16.8 Å². The zero-order chi connectivity index (χ0) is 12.1. The molecule has 0 saturated heterocycles. The van der Waals surface area contributed by atoms with Gasteiger partial charge in [0.25, 0.3) is 0 Å². The van der Waals surface area contributed by atoms with Crippen LogP contribution in [-0.4, -0.2) is 11.9 Å². The van der Waals surface area contributed by atoms with Crippen molar-refractivity contribution in [3.05, 3.63) is 23.8 Å². The lowest BCUT2D eigenvalue weighted by Crippen LogP contribution is -2.24. The van der Waals surface area contributed by atoms with E-state index in [4.69, 9.17) is 16.7 Å². The van der Waals surface area contributed by atoms with Crippen LogP contribution in [0.25, 0.3) is 0 Å². The first kappa shape index (κ1) is 11.9. The van der Waals surface area contributed by atoms with Gasteiger partial charge in [-0.1, -0.05) is 0 Å². The van der Waals surface area contributed by atoms with E-state index in [-0.39, 0.29) is 18.4 Å². The van der Waals surface area contributed by atoms with Gasteiger partial charge in [0, 0.05) is 12.5 Å². The first-order valence-corrected chi connectivity index (χ1v) is 4.87. The molecule has 0 heterocycles. The number of nitriles is 1. The molecule has 84 valence electrons. The Labute approximate surface area is 94.0 Å². The number of anilines is 2. The Morgan fingerprint density at radius 2 is 2.31 bits per heavy atom. The van der Waals surface area contributed by atoms with E-state index in [0.717, 1.165) is 0 Å². The van der Waals surface area contributed by atoms with E-state index in [1.807, 2.05) is 13.0 Å². The van der Waals surface area contributed by atoms with E-state index >= 15 is 0 Å². The van der Waals surface area contributed by atoms with Crippen molar-refractivity contribution in [2.45, 2.75) is 19.4 Å². The number of primary amides is 1. The number of nitrogens with one attached hydrogen (secondary N) is 1. The summed E-state index contributed by atoms with van der Waals surface area (Å²) in [4.78, 5) is 10.7. The number of carbonyl (C=O) groups is 1. The topological polar surface area (TPSA) is 105 Å². The summed E-state index contributed by atoms with van der Waals surface area (Å²) in [5.41, 5.74) is 12.5. The molecule has 1 unspecified atom stereocenters. The molecular formula is C11H14N4O. The first-order chi connectivity index (χ1) is 7.52. The average Bonchev–Trinajstić information content (AvgIpc) is 2.19. The number of amides is 1. The highest BCUT2D eigenvalue weighted by atomic mass is 16.1. The summed E-state index contributed by atoms with van der Waals surface area (Å²) >= 11 is 0. The van der Waals surface area contributed by atoms with Crippen LogP contribution in [0.1, 0.15) is 18.9 Å². The molecule has 0 aromatic heterocycles. The van der Waals surface area contributed by atoms with Crippen molar-refractivity contribution in [2.75, 3.05) is 11.1 Å². The van der Waals surface area contributed by atoms with Crippen molar-refractivity contribution >= 4 is 17.3 Å². The second-order valence-electron chi connectivity index (χ2n) is 3.63. The van der Waals surface area contributed by atoms with E-state index in [1.165, 1.54) is 0 Å². The van der Waals surface area contributed by atoms with Crippen LogP contribution in [0.15, 0.2) is 18.2 Å². The highest BCUT2D eigenvalue weighted by Crippen LogP contribution is 2.20. The number of nitrogens with two attached hydrogens (primary N) is 2. The van der Waals surface area contributed by atoms with Gasteiger partial charge in [0.2, 0.25) is 5.91 Å². The van der Waals surface area contributed by atoms with Crippen LogP contribution in [0.3, 0.4) is 0 Å². The lowest BCUT2D eigenvalue weighted by Gasteiger charge is -2.15. The second-order valence-corrected chi connectivity index (χ2v) is 3.63. The standard InChI is InChI=1S/C11H14N4O/c1-7(4-11(14)16)15-10-3-2-8(6-12)5-9(10)13/h2-3,5,7,15H,4,13H2,1H3,(H2,14,16). The van der Waals surface area contributed by atoms with Crippen molar-refractivity contribution < 1.29 is 4.79 Å². The fourth-order valence-corrected chi connectivity index (χ4v) is 1.38. The number of hydrogen-bond acceptors (Lipinski definition) is 4. The molecule has 5 N–H and O–H groups in total. The summed E-state index contributed by atoms with van der Waals surface area (Å²) in [6, 6.07) is 6.87. The van der Waals surface area contributed by atoms with E-state index in [9.17, 15) is 4.79 Å². The molecule has 1 atom stereocenters. The van der Waals surface area contributed by atoms with Crippen molar-refractivity contribution in [3.8, 4) is 6.07 Å². The maximum absolute atomic E-state index is 10.7. The Morgan fingerprint density at radius 1 is 1.62 bits per heavy atom. The Morgan fingerprint density at radius 3 is 2.81 bits per heavy atom. The van der Waals surface area contributed by atoms with E-state index < -0.39 is 0 Å². The highest BCUT2D eigenvalue weighted by molar-refractivity contribution is 5.75. The molecule has 1 amide bonds. The molecule has 1 rings (SSSR count). The quantitative estimate of drug-likeness (QED) is 0.650. The molecule has 16 heavy (non-hydrogen) atoms. The van der Waals surface area contributed by atoms with Crippen LogP contribution in [0.5, 0.6) is 0 Å². The summed E-state index contributed by atoms with van der Waals surface area (Å²) in [5, 5.41) is 11.7. The van der Waals surface area contributed by atoms with Crippen LogP contribution in [0.2, 0.25) is 0 Å². The molecule has 5 heteroatoms. The predicted molar refractivity (Wildman–Crippen MR) is 62.5 cm³/mol. The first-order valence-electron chi connectivity index (χ1n) is 4.87. The van der Waals surface area contributed by atoms with Crippen molar-refractivity contribution in [3.63, 3.8) is 0 Å². The zero-order valence-corrected chi connectivity index (χ0v) is 9.03. The third-order valence-corrected chi connectivity index (χ3v) is 2.09. The molecule has 0 fully saturated rings. The van der Waals surface area contributed by atoms with Crippen molar-refractivity contribution in [1.29, 1.82) is 5.26 Å². The van der Waals surface area contributed by atoms with Gasteiger partial charge in [-0.3, -0.25) is 4.79 Å². The molecule has 5 nitrogen and oxygen atoms in total. The number of hydrogen-bond donors (Lipinski definition) is 3. The molecule has 0 saturated carbocycles. The minimum atomic E-state index is -0.368. The SMILES string of the molecule is CC(CC(N)=O)Nc1ccc(C#N)cc1N. The lowest BCUT2D eigenvalue weighted by atomic mass is 10.1. The number of carbonyl (C=O) groups excluding carboxylic acids is 1. The maximum atomic E-state index is 10.7. The largest absolute Gasteiger partial charge is 0.397 e. The minimum Gasteiger partial charge on any atom is -0.397 e. The Kier molecular flexibility index (Phi) is 3.72. The third-order valence-electron chi connectivity index (χ3n) is 2.09. The third kappa shape index (κ3) is 3.17. The fourth-order valence-electron chi connectivity index (χ4n) is 1.38. The smallest absolute Gasteiger partial charge is 0.219 e. The molecule has 0 spiro atoms. The van der Waals surface area contributed by atoms with Crippen molar-refractivity contribution in [2.24, 2.45) is 5.73 Å². The van der Waals surface area contributed by atoms with Crippen LogP contribution < -0.4 is 16.8 Å². The number of rotatable bonds is 4. The summed E-state index contributed by atoms with van der Waals surface area (Å²) < 4.78 is 0. The molecule has 0 aliphatic heterocycles. The van der Waals surface area contributed by atoms with Gasteiger partial charge >= 0.3 is 0 Å². The Balaban J connectivity index is 2.75. The molecule has 0 bridgehead atoms. The van der Waals surface area contributed by atoms with Gasteiger partial charge in [-0.25, -0.2) is 0 Å². The van der Waals surface area contributed by atoms with Gasteiger partial charge in [0.05, 0.1) is 23.0 Å². The van der Waals surface area contributed by atoms with E-state index in [1.54, 1.807) is 18.2 Å². The highest BCUT2D eigenvalue weighted by Gasteiger charge is 2.07. The summed E-state index contributed by atoms with van der Waals surface area (Å²) in [6.45, 7) is 1.84. The summed E-state index contributed by atoms with van der Waals surface area (Å²) in [5.74, 6) is -0.368. The molecule has 1 aromatic carbocycles. The summed E-state index contributed by atoms with van der Waals surface area (Å²) in [7, 11) is 0. The molecular weight excluding hydrogens is 204 g/mol. The van der Waals surface area contributed by atoms with Gasteiger partial charge in [-0.05, 0) is 25.1 Å². The number of benzene rings is 1. The number of nitrogen functional groups attached to an aromatic ring is 1. The van der Waals surface area contributed by atoms with Gasteiger partial charge in [-0.15, -0.1) is 0 Å². The maximum Gasteiger partial charge on any atom is 0.219 e. The van der Waals surface area contributed by atoms with Crippen LogP contribution >= 0.6 is 0 Å². The second kappa shape index (κ2) is 5.03. The molecule has 0 radical (unpaired) electrons. The number of nitrogens with zero attached hydrogens (tertiary/aromatic N) is 1. The van der Waals surface area contributed by atoms with Crippen molar-refractivity contribution in [1.82, 2.24) is 0 Å². The molecule has 0 aliphatic carbocycles. The van der Waals surface area contributed by atoms with Crippen LogP contribution in [0.4, 0.5) is 11.4 Å². The molecule has 1 aromatic rings. The van der Waals surface area contributed by atoms with Crippen LogP contribution in [-0.2, 0) is 4.79 Å². The van der Waals surface area contributed by atoms with Crippen LogP contribution in [0, 0.1) is 11.3 Å². The van der Waals surface area contributed by atoms with Gasteiger partial charge in [0.1, 0.15) is 0 Å². The average molecular weight is 218 g/mol. The monoisotopic (exact) mass is 218 g/mol.